The van der Waals surface area contributed by atoms with Gasteiger partial charge in [0.15, 0.2) is 5.65 Å². The van der Waals surface area contributed by atoms with Crippen LogP contribution >= 0.6 is 15.9 Å². The molecule has 0 spiro atoms. The van der Waals surface area contributed by atoms with E-state index in [1.165, 1.54) is 19.4 Å². The molecule has 1 N–H and O–H groups in total. The van der Waals surface area contributed by atoms with Gasteiger partial charge in [-0.05, 0) is 54.0 Å². The van der Waals surface area contributed by atoms with Crippen molar-refractivity contribution < 1.29 is 0 Å². The summed E-state index contributed by atoms with van der Waals surface area (Å²) in [6.45, 7) is 5.48. The highest BCUT2D eigenvalue weighted by molar-refractivity contribution is 9.10. The van der Waals surface area contributed by atoms with Crippen molar-refractivity contribution in [2.45, 2.75) is 25.8 Å². The van der Waals surface area contributed by atoms with Gasteiger partial charge in [-0.2, -0.15) is 4.98 Å². The van der Waals surface area contributed by atoms with Gasteiger partial charge in [-0.3, -0.25) is 4.90 Å². The Morgan fingerprint density at radius 3 is 3.21 bits per heavy atom. The molecule has 102 valence electrons. The Balaban J connectivity index is 1.70. The lowest BCUT2D eigenvalue weighted by molar-refractivity contribution is 0.277. The lowest BCUT2D eigenvalue weighted by Gasteiger charge is -2.22. The number of nitrogens with one attached hydrogen (secondary N) is 1. The van der Waals surface area contributed by atoms with Crippen LogP contribution in [-0.2, 0) is 0 Å². The number of anilines is 1. The molecule has 3 rings (SSSR count). The SMILES string of the molecule is CCN1CCCC1CNc1nc2c(Br)cccn2n1. The molecule has 1 fully saturated rings. The molecule has 0 amide bonds. The second-order valence-electron chi connectivity index (χ2n) is 4.87. The lowest BCUT2D eigenvalue weighted by atomic mass is 10.2. The van der Waals surface area contributed by atoms with Crippen molar-refractivity contribution in [1.82, 2.24) is 19.5 Å². The summed E-state index contributed by atoms with van der Waals surface area (Å²) in [6, 6.07) is 4.54. The molecule has 2 aromatic rings. The van der Waals surface area contributed by atoms with Crippen molar-refractivity contribution in [3.63, 3.8) is 0 Å². The number of pyridine rings is 1. The molecule has 19 heavy (non-hydrogen) atoms. The summed E-state index contributed by atoms with van der Waals surface area (Å²) in [5.41, 5.74) is 0.851. The van der Waals surface area contributed by atoms with E-state index in [4.69, 9.17) is 0 Å². The third kappa shape index (κ3) is 2.60. The molecule has 6 heteroatoms. The van der Waals surface area contributed by atoms with Gasteiger partial charge in [-0.15, -0.1) is 5.10 Å². The molecule has 3 heterocycles. The fraction of sp³-hybridized carbons (Fsp3) is 0.538. The highest BCUT2D eigenvalue weighted by Crippen LogP contribution is 2.19. The maximum Gasteiger partial charge on any atom is 0.243 e. The minimum Gasteiger partial charge on any atom is -0.351 e. The predicted molar refractivity (Wildman–Crippen MR) is 79.4 cm³/mol. The standard InChI is InChI=1S/C13H18BrN5/c1-2-18-7-3-5-10(18)9-15-13-16-12-11(14)6-4-8-19(12)17-13/h4,6,8,10H,2-3,5,7,9H2,1H3,(H,15,17). The van der Waals surface area contributed by atoms with Crippen LogP contribution in [0.4, 0.5) is 5.95 Å². The Morgan fingerprint density at radius 2 is 2.42 bits per heavy atom. The van der Waals surface area contributed by atoms with Crippen molar-refractivity contribution in [3.8, 4) is 0 Å². The summed E-state index contributed by atoms with van der Waals surface area (Å²) < 4.78 is 2.75. The van der Waals surface area contributed by atoms with Gasteiger partial charge in [-0.25, -0.2) is 4.52 Å². The van der Waals surface area contributed by atoms with Crippen molar-refractivity contribution in [3.05, 3.63) is 22.8 Å². The minimum atomic E-state index is 0.611. The predicted octanol–water partition coefficient (Wildman–Crippen LogP) is 2.39. The van der Waals surface area contributed by atoms with Crippen molar-refractivity contribution in [2.24, 2.45) is 0 Å². The van der Waals surface area contributed by atoms with Crippen LogP contribution in [0.5, 0.6) is 0 Å². The van der Waals surface area contributed by atoms with Gasteiger partial charge in [0, 0.05) is 18.8 Å². The Hall–Kier alpha value is -1.14. The van der Waals surface area contributed by atoms with Crippen LogP contribution in [0, 0.1) is 0 Å². The van der Waals surface area contributed by atoms with Gasteiger partial charge in [0.2, 0.25) is 5.95 Å². The second kappa shape index (κ2) is 5.46. The molecule has 2 aromatic heterocycles. The number of likely N-dealkylation sites (tertiary alicyclic amines) is 1. The van der Waals surface area contributed by atoms with E-state index in [0.29, 0.717) is 12.0 Å². The first kappa shape index (κ1) is 12.9. The van der Waals surface area contributed by atoms with Gasteiger partial charge in [0.05, 0.1) is 4.47 Å². The minimum absolute atomic E-state index is 0.611. The molecule has 1 unspecified atom stereocenters. The monoisotopic (exact) mass is 323 g/mol. The highest BCUT2D eigenvalue weighted by atomic mass is 79.9. The number of aromatic nitrogens is 3. The largest absolute Gasteiger partial charge is 0.351 e. The number of rotatable bonds is 4. The molecule has 0 saturated carbocycles. The summed E-state index contributed by atoms with van der Waals surface area (Å²) in [6.07, 6.45) is 4.47. The van der Waals surface area contributed by atoms with Crippen LogP contribution in [0.3, 0.4) is 0 Å². The van der Waals surface area contributed by atoms with E-state index in [1.807, 2.05) is 18.3 Å². The van der Waals surface area contributed by atoms with E-state index in [-0.39, 0.29) is 0 Å². The number of halogens is 1. The van der Waals surface area contributed by atoms with Crippen LogP contribution in [-0.4, -0.2) is 45.2 Å². The Kier molecular flexibility index (Phi) is 3.70. The molecule has 5 nitrogen and oxygen atoms in total. The number of nitrogens with zero attached hydrogens (tertiary/aromatic N) is 4. The maximum atomic E-state index is 4.50. The average molecular weight is 324 g/mol. The lowest BCUT2D eigenvalue weighted by Crippen LogP contribution is -2.34. The third-order valence-corrected chi connectivity index (χ3v) is 4.33. The van der Waals surface area contributed by atoms with Crippen LogP contribution < -0.4 is 5.32 Å². The fourth-order valence-corrected chi connectivity index (χ4v) is 3.12. The zero-order chi connectivity index (χ0) is 13.2. The summed E-state index contributed by atoms with van der Waals surface area (Å²) in [5, 5.41) is 7.79. The first-order chi connectivity index (χ1) is 9.28. The highest BCUT2D eigenvalue weighted by Gasteiger charge is 2.22. The first-order valence-electron chi connectivity index (χ1n) is 6.76. The zero-order valence-electron chi connectivity index (χ0n) is 11.0. The first-order valence-corrected chi connectivity index (χ1v) is 7.56. The second-order valence-corrected chi connectivity index (χ2v) is 5.72. The average Bonchev–Trinajstić information content (AvgIpc) is 3.02. The summed E-state index contributed by atoms with van der Waals surface area (Å²) in [7, 11) is 0. The molecular formula is C13H18BrN5. The summed E-state index contributed by atoms with van der Waals surface area (Å²) >= 11 is 3.49. The van der Waals surface area contributed by atoms with Crippen LogP contribution in [0.2, 0.25) is 0 Å². The topological polar surface area (TPSA) is 45.5 Å². The Morgan fingerprint density at radius 1 is 1.53 bits per heavy atom. The summed E-state index contributed by atoms with van der Waals surface area (Å²) in [4.78, 5) is 7.01. The number of likely N-dealkylation sites (N-methyl/N-ethyl adjacent to an activating group) is 1. The molecule has 1 saturated heterocycles. The van der Waals surface area contributed by atoms with Crippen LogP contribution in [0.25, 0.3) is 5.65 Å². The summed E-state index contributed by atoms with van der Waals surface area (Å²) in [5.74, 6) is 0.704. The van der Waals surface area contributed by atoms with E-state index in [9.17, 15) is 0 Å². The van der Waals surface area contributed by atoms with Gasteiger partial charge in [0.1, 0.15) is 0 Å². The molecule has 0 aliphatic carbocycles. The van der Waals surface area contributed by atoms with Gasteiger partial charge in [0.25, 0.3) is 0 Å². The molecule has 1 atom stereocenters. The van der Waals surface area contributed by atoms with Crippen molar-refractivity contribution in [2.75, 3.05) is 25.0 Å². The van der Waals surface area contributed by atoms with Gasteiger partial charge in [-0.1, -0.05) is 6.92 Å². The van der Waals surface area contributed by atoms with E-state index >= 15 is 0 Å². The van der Waals surface area contributed by atoms with E-state index < -0.39 is 0 Å². The Labute approximate surface area is 121 Å². The molecule has 1 aliphatic rings. The molecule has 0 radical (unpaired) electrons. The quantitative estimate of drug-likeness (QED) is 0.938. The molecular weight excluding hydrogens is 306 g/mol. The van der Waals surface area contributed by atoms with Crippen LogP contribution in [0.1, 0.15) is 19.8 Å². The van der Waals surface area contributed by atoms with E-state index in [0.717, 1.165) is 23.2 Å². The van der Waals surface area contributed by atoms with Crippen molar-refractivity contribution in [1.29, 1.82) is 0 Å². The smallest absolute Gasteiger partial charge is 0.243 e. The zero-order valence-corrected chi connectivity index (χ0v) is 12.6. The van der Waals surface area contributed by atoms with E-state index in [2.05, 4.69) is 43.2 Å². The van der Waals surface area contributed by atoms with Crippen LogP contribution in [0.15, 0.2) is 22.8 Å². The van der Waals surface area contributed by atoms with Gasteiger partial charge < -0.3 is 5.32 Å². The molecule has 0 aromatic carbocycles. The number of fused-ring (bicyclic) bond motifs is 1. The van der Waals surface area contributed by atoms with Gasteiger partial charge >= 0.3 is 0 Å². The number of hydrogen-bond acceptors (Lipinski definition) is 4. The molecule has 0 bridgehead atoms. The normalized spacial score (nSPS) is 20.2. The van der Waals surface area contributed by atoms with E-state index in [1.54, 1.807) is 4.52 Å². The van der Waals surface area contributed by atoms with Crippen molar-refractivity contribution >= 4 is 27.5 Å². The molecule has 1 aliphatic heterocycles. The number of hydrogen-bond donors (Lipinski definition) is 1. The maximum absolute atomic E-state index is 4.50. The fourth-order valence-electron chi connectivity index (χ4n) is 2.70. The Bertz CT molecular complexity index is 567. The third-order valence-electron chi connectivity index (χ3n) is 3.72.